The van der Waals surface area contributed by atoms with E-state index in [1.54, 1.807) is 15.4 Å². The third-order valence-corrected chi connectivity index (χ3v) is 3.66. The van der Waals surface area contributed by atoms with Gasteiger partial charge in [-0.2, -0.15) is 5.10 Å². The van der Waals surface area contributed by atoms with Crippen molar-refractivity contribution < 1.29 is 9.53 Å². The molecule has 1 N–H and O–H groups in total. The van der Waals surface area contributed by atoms with Gasteiger partial charge in [-0.15, -0.1) is 5.10 Å². The van der Waals surface area contributed by atoms with Gasteiger partial charge >= 0.3 is 0 Å². The largest absolute Gasteiger partial charge is 0.480 e. The van der Waals surface area contributed by atoms with Crippen LogP contribution in [0.4, 0.5) is 0 Å². The van der Waals surface area contributed by atoms with Crippen molar-refractivity contribution in [2.24, 2.45) is 7.05 Å². The Morgan fingerprint density at radius 3 is 2.58 bits per heavy atom. The van der Waals surface area contributed by atoms with Crippen LogP contribution in [0.1, 0.15) is 21.9 Å². The van der Waals surface area contributed by atoms with Crippen LogP contribution in [0.5, 0.6) is 5.88 Å². The highest BCUT2D eigenvalue weighted by molar-refractivity contribution is 5.93. The zero-order valence-corrected chi connectivity index (χ0v) is 13.9. The molecule has 2 heterocycles. The number of ether oxygens (including phenoxy) is 1. The van der Waals surface area contributed by atoms with E-state index in [0.29, 0.717) is 18.1 Å². The number of nitrogens with one attached hydrogen (secondary N) is 1. The molecule has 1 amide bonds. The number of carbonyl (C=O) groups excluding carboxylic acids is 1. The predicted molar refractivity (Wildman–Crippen MR) is 89.2 cm³/mol. The number of benzene rings is 1. The van der Waals surface area contributed by atoms with E-state index in [1.807, 2.05) is 50.4 Å². The van der Waals surface area contributed by atoms with Gasteiger partial charge < -0.3 is 10.1 Å². The van der Waals surface area contributed by atoms with Gasteiger partial charge in [0.1, 0.15) is 5.69 Å². The number of amides is 1. The molecule has 0 aliphatic carbocycles. The van der Waals surface area contributed by atoms with Crippen LogP contribution in [0.15, 0.2) is 42.5 Å². The van der Waals surface area contributed by atoms with Crippen molar-refractivity contribution in [1.29, 1.82) is 0 Å². The number of para-hydroxylation sites is 1. The molecule has 0 atom stereocenters. The van der Waals surface area contributed by atoms with Gasteiger partial charge in [-0.05, 0) is 25.1 Å². The maximum absolute atomic E-state index is 12.6. The van der Waals surface area contributed by atoms with E-state index in [9.17, 15) is 4.79 Å². The third-order valence-electron chi connectivity index (χ3n) is 3.66. The molecule has 0 unspecified atom stereocenters. The maximum atomic E-state index is 12.6. The second-order valence-electron chi connectivity index (χ2n) is 5.40. The van der Waals surface area contributed by atoms with E-state index >= 15 is 0 Å². The summed E-state index contributed by atoms with van der Waals surface area (Å²) in [6.45, 7) is 2.30. The summed E-state index contributed by atoms with van der Waals surface area (Å²) in [5.74, 6) is 0.161. The van der Waals surface area contributed by atoms with Gasteiger partial charge in [-0.25, -0.2) is 4.68 Å². The summed E-state index contributed by atoms with van der Waals surface area (Å²) < 4.78 is 8.49. The fraction of sp³-hybridized carbons (Fsp3) is 0.235. The minimum absolute atomic E-state index is 0.228. The molecule has 0 fully saturated rings. The second kappa shape index (κ2) is 6.57. The molecule has 124 valence electrons. The van der Waals surface area contributed by atoms with E-state index in [1.165, 1.54) is 7.11 Å². The van der Waals surface area contributed by atoms with Crippen LogP contribution in [-0.4, -0.2) is 32.6 Å². The van der Waals surface area contributed by atoms with Crippen molar-refractivity contribution in [3.05, 3.63) is 59.5 Å². The Balaban J connectivity index is 1.84. The number of aromatic nitrogens is 4. The molecule has 3 aromatic rings. The minimum atomic E-state index is -0.228. The van der Waals surface area contributed by atoms with Gasteiger partial charge in [-0.3, -0.25) is 9.48 Å². The third kappa shape index (κ3) is 3.15. The molecule has 0 saturated carbocycles. The first kappa shape index (κ1) is 15.8. The van der Waals surface area contributed by atoms with Gasteiger partial charge in [0.05, 0.1) is 30.7 Å². The Labute approximate surface area is 139 Å². The first-order chi connectivity index (χ1) is 11.6. The van der Waals surface area contributed by atoms with E-state index in [2.05, 4.69) is 15.5 Å². The van der Waals surface area contributed by atoms with E-state index in [4.69, 9.17) is 4.74 Å². The topological polar surface area (TPSA) is 74.0 Å². The Hall–Kier alpha value is -3.09. The predicted octanol–water partition coefficient (Wildman–Crippen LogP) is 1.85. The van der Waals surface area contributed by atoms with Crippen molar-refractivity contribution >= 4 is 5.91 Å². The molecule has 0 saturated heterocycles. The van der Waals surface area contributed by atoms with Crippen molar-refractivity contribution in [3.8, 4) is 11.6 Å². The number of nitrogens with zero attached hydrogens (tertiary/aromatic N) is 4. The number of hydrogen-bond acceptors (Lipinski definition) is 4. The summed E-state index contributed by atoms with van der Waals surface area (Å²) in [6.07, 6.45) is 0. The lowest BCUT2D eigenvalue weighted by atomic mass is 10.3. The number of rotatable bonds is 5. The zero-order chi connectivity index (χ0) is 17.1. The smallest absolute Gasteiger partial charge is 0.270 e. The Bertz CT molecular complexity index is 851. The Morgan fingerprint density at radius 1 is 1.21 bits per heavy atom. The molecule has 7 heteroatoms. The Morgan fingerprint density at radius 2 is 1.96 bits per heavy atom. The lowest BCUT2D eigenvalue weighted by Gasteiger charge is -2.08. The standard InChI is InChI=1S/C17H19N5O2/c1-12-9-14(21(2)19-12)11-18-17(23)15-10-16(24-3)20-22(15)13-7-5-4-6-8-13/h4-10H,11H2,1-3H3,(H,18,23). The van der Waals surface area contributed by atoms with E-state index in [0.717, 1.165) is 17.1 Å². The summed E-state index contributed by atoms with van der Waals surface area (Å²) in [5.41, 5.74) is 3.05. The average Bonchev–Trinajstić information content (AvgIpc) is 3.16. The van der Waals surface area contributed by atoms with Crippen LogP contribution in [0, 0.1) is 6.92 Å². The molecule has 7 nitrogen and oxygen atoms in total. The molecule has 0 radical (unpaired) electrons. The molecule has 3 rings (SSSR count). The van der Waals surface area contributed by atoms with Crippen molar-refractivity contribution in [2.75, 3.05) is 7.11 Å². The number of aryl methyl sites for hydroxylation is 2. The highest BCUT2D eigenvalue weighted by Crippen LogP contribution is 2.17. The van der Waals surface area contributed by atoms with E-state index < -0.39 is 0 Å². The monoisotopic (exact) mass is 325 g/mol. The molecule has 1 aromatic carbocycles. The number of methoxy groups -OCH3 is 1. The fourth-order valence-corrected chi connectivity index (χ4v) is 2.48. The van der Waals surface area contributed by atoms with Crippen LogP contribution in [0.2, 0.25) is 0 Å². The summed E-state index contributed by atoms with van der Waals surface area (Å²) in [5, 5.41) is 11.5. The molecule has 2 aromatic heterocycles. The van der Waals surface area contributed by atoms with Gasteiger partial charge in [0.25, 0.3) is 5.91 Å². The number of carbonyl (C=O) groups is 1. The quantitative estimate of drug-likeness (QED) is 0.777. The first-order valence-corrected chi connectivity index (χ1v) is 7.55. The Kier molecular flexibility index (Phi) is 4.33. The molecular formula is C17H19N5O2. The van der Waals surface area contributed by atoms with Crippen LogP contribution >= 0.6 is 0 Å². The zero-order valence-electron chi connectivity index (χ0n) is 13.9. The normalized spacial score (nSPS) is 10.6. The van der Waals surface area contributed by atoms with Crippen LogP contribution < -0.4 is 10.1 Å². The summed E-state index contributed by atoms with van der Waals surface area (Å²) in [4.78, 5) is 12.6. The first-order valence-electron chi connectivity index (χ1n) is 7.55. The highest BCUT2D eigenvalue weighted by atomic mass is 16.5. The lowest BCUT2D eigenvalue weighted by Crippen LogP contribution is -2.26. The van der Waals surface area contributed by atoms with Gasteiger partial charge in [0, 0.05) is 13.1 Å². The van der Waals surface area contributed by atoms with Gasteiger partial charge in [-0.1, -0.05) is 18.2 Å². The summed E-state index contributed by atoms with van der Waals surface area (Å²) >= 11 is 0. The SMILES string of the molecule is COc1cc(C(=O)NCc2cc(C)nn2C)n(-c2ccccc2)n1. The maximum Gasteiger partial charge on any atom is 0.270 e. The van der Waals surface area contributed by atoms with Crippen LogP contribution in [0.3, 0.4) is 0 Å². The molecule has 0 spiro atoms. The molecule has 0 bridgehead atoms. The molecule has 0 aliphatic heterocycles. The molecule has 24 heavy (non-hydrogen) atoms. The van der Waals surface area contributed by atoms with Crippen LogP contribution in [0.25, 0.3) is 5.69 Å². The summed E-state index contributed by atoms with van der Waals surface area (Å²) in [6, 6.07) is 13.0. The second-order valence-corrected chi connectivity index (χ2v) is 5.40. The van der Waals surface area contributed by atoms with Crippen molar-refractivity contribution in [1.82, 2.24) is 24.9 Å². The lowest BCUT2D eigenvalue weighted by molar-refractivity contribution is 0.0942. The van der Waals surface area contributed by atoms with Crippen molar-refractivity contribution in [2.45, 2.75) is 13.5 Å². The average molecular weight is 325 g/mol. The fourth-order valence-electron chi connectivity index (χ4n) is 2.48. The van der Waals surface area contributed by atoms with Crippen molar-refractivity contribution in [3.63, 3.8) is 0 Å². The summed E-state index contributed by atoms with van der Waals surface area (Å²) in [7, 11) is 3.38. The number of hydrogen-bond donors (Lipinski definition) is 1. The minimum Gasteiger partial charge on any atom is -0.480 e. The van der Waals surface area contributed by atoms with Crippen LogP contribution in [-0.2, 0) is 13.6 Å². The molecular weight excluding hydrogens is 306 g/mol. The van der Waals surface area contributed by atoms with Gasteiger partial charge in [0.2, 0.25) is 5.88 Å². The highest BCUT2D eigenvalue weighted by Gasteiger charge is 2.17. The molecule has 0 aliphatic rings. The van der Waals surface area contributed by atoms with E-state index in [-0.39, 0.29) is 5.91 Å². The van der Waals surface area contributed by atoms with Gasteiger partial charge in [0.15, 0.2) is 0 Å².